The summed E-state index contributed by atoms with van der Waals surface area (Å²) in [6.07, 6.45) is 1.41. The standard InChI is InChI=1S/C25H18BrFN2O4/c1-15-12-18(26)8-11-22(15)29-24(31)20(23(30)28-25(29)32)13-16-6-9-19(10-7-16)33-14-17-4-2-3-5-21(17)27/h2-13H,14H2,1H3,(H,28,30,32)/b20-13-. The van der Waals surface area contributed by atoms with Gasteiger partial charge in [-0.3, -0.25) is 14.9 Å². The van der Waals surface area contributed by atoms with Gasteiger partial charge in [-0.2, -0.15) is 0 Å². The van der Waals surface area contributed by atoms with Crippen LogP contribution in [0.3, 0.4) is 0 Å². The molecule has 3 aromatic carbocycles. The van der Waals surface area contributed by atoms with Crippen LogP contribution in [0, 0.1) is 12.7 Å². The van der Waals surface area contributed by atoms with Crippen LogP contribution in [0.25, 0.3) is 6.08 Å². The highest BCUT2D eigenvalue weighted by Gasteiger charge is 2.37. The summed E-state index contributed by atoms with van der Waals surface area (Å²) in [5, 5.41) is 2.21. The molecule has 1 heterocycles. The lowest BCUT2D eigenvalue weighted by Crippen LogP contribution is -2.54. The quantitative estimate of drug-likeness (QED) is 0.382. The lowest BCUT2D eigenvalue weighted by Gasteiger charge is -2.27. The fourth-order valence-electron chi connectivity index (χ4n) is 3.35. The van der Waals surface area contributed by atoms with Gasteiger partial charge in [0.2, 0.25) is 0 Å². The number of urea groups is 1. The van der Waals surface area contributed by atoms with E-state index in [2.05, 4.69) is 21.2 Å². The third-order valence-electron chi connectivity index (χ3n) is 5.04. The molecule has 1 aliphatic heterocycles. The smallest absolute Gasteiger partial charge is 0.335 e. The van der Waals surface area contributed by atoms with Crippen molar-refractivity contribution in [3.8, 4) is 5.75 Å². The molecule has 1 aliphatic rings. The number of carbonyl (C=O) groups excluding carboxylic acids is 3. The van der Waals surface area contributed by atoms with Crippen LogP contribution >= 0.6 is 15.9 Å². The maximum Gasteiger partial charge on any atom is 0.335 e. The average molecular weight is 509 g/mol. The zero-order chi connectivity index (χ0) is 23.5. The number of nitrogens with zero attached hydrogens (tertiary/aromatic N) is 1. The number of ether oxygens (including phenoxy) is 1. The Balaban J connectivity index is 1.54. The van der Waals surface area contributed by atoms with E-state index in [0.29, 0.717) is 28.1 Å². The van der Waals surface area contributed by atoms with Crippen LogP contribution in [-0.2, 0) is 16.2 Å². The fraction of sp³-hybridized carbons (Fsp3) is 0.0800. The van der Waals surface area contributed by atoms with Gasteiger partial charge in [-0.25, -0.2) is 14.1 Å². The van der Waals surface area contributed by atoms with Crippen molar-refractivity contribution >= 4 is 45.5 Å². The van der Waals surface area contributed by atoms with Gasteiger partial charge in [-0.15, -0.1) is 0 Å². The van der Waals surface area contributed by atoms with Gasteiger partial charge in [-0.05, 0) is 60.5 Å². The molecule has 0 atom stereocenters. The zero-order valence-corrected chi connectivity index (χ0v) is 19.1. The number of aryl methyl sites for hydroxylation is 1. The highest BCUT2D eigenvalue weighted by atomic mass is 79.9. The van der Waals surface area contributed by atoms with Gasteiger partial charge in [-0.1, -0.05) is 46.3 Å². The predicted molar refractivity (Wildman–Crippen MR) is 125 cm³/mol. The van der Waals surface area contributed by atoms with Crippen LogP contribution in [0.5, 0.6) is 5.75 Å². The number of halogens is 2. The average Bonchev–Trinajstić information content (AvgIpc) is 2.78. The van der Waals surface area contributed by atoms with E-state index >= 15 is 0 Å². The molecule has 0 aliphatic carbocycles. The molecule has 0 bridgehead atoms. The minimum Gasteiger partial charge on any atom is -0.489 e. The van der Waals surface area contributed by atoms with Gasteiger partial charge < -0.3 is 4.74 Å². The number of hydrogen-bond acceptors (Lipinski definition) is 4. The van der Waals surface area contributed by atoms with Crippen molar-refractivity contribution in [2.45, 2.75) is 13.5 Å². The summed E-state index contributed by atoms with van der Waals surface area (Å²) in [7, 11) is 0. The van der Waals surface area contributed by atoms with E-state index in [1.165, 1.54) is 12.1 Å². The summed E-state index contributed by atoms with van der Waals surface area (Å²) in [6.45, 7) is 1.83. The number of amides is 4. The largest absolute Gasteiger partial charge is 0.489 e. The SMILES string of the molecule is Cc1cc(Br)ccc1N1C(=O)NC(=O)/C(=C/c2ccc(OCc3ccccc3F)cc2)C1=O. The van der Waals surface area contributed by atoms with Crippen molar-refractivity contribution in [2.24, 2.45) is 0 Å². The molecule has 1 N–H and O–H groups in total. The molecule has 4 rings (SSSR count). The molecule has 0 spiro atoms. The third-order valence-corrected chi connectivity index (χ3v) is 5.54. The van der Waals surface area contributed by atoms with Crippen molar-refractivity contribution < 1.29 is 23.5 Å². The topological polar surface area (TPSA) is 75.7 Å². The van der Waals surface area contributed by atoms with Crippen LogP contribution < -0.4 is 15.0 Å². The van der Waals surface area contributed by atoms with Gasteiger partial charge >= 0.3 is 6.03 Å². The van der Waals surface area contributed by atoms with E-state index in [-0.39, 0.29) is 18.0 Å². The predicted octanol–water partition coefficient (Wildman–Crippen LogP) is 5.14. The molecular weight excluding hydrogens is 491 g/mol. The molecule has 8 heteroatoms. The molecule has 166 valence electrons. The Labute approximate surface area is 197 Å². The van der Waals surface area contributed by atoms with E-state index in [9.17, 15) is 18.8 Å². The summed E-state index contributed by atoms with van der Waals surface area (Å²) in [5.41, 5.74) is 1.90. The fourth-order valence-corrected chi connectivity index (χ4v) is 3.83. The van der Waals surface area contributed by atoms with Crippen molar-refractivity contribution in [2.75, 3.05) is 4.90 Å². The minimum atomic E-state index is -0.801. The van der Waals surface area contributed by atoms with Crippen LogP contribution in [0.2, 0.25) is 0 Å². The Morgan fingerprint density at radius 2 is 1.76 bits per heavy atom. The van der Waals surface area contributed by atoms with Crippen molar-refractivity contribution in [3.05, 3.63) is 99.3 Å². The van der Waals surface area contributed by atoms with Gasteiger partial charge in [0.1, 0.15) is 23.7 Å². The Hall–Kier alpha value is -3.78. The second kappa shape index (κ2) is 9.38. The second-order valence-electron chi connectivity index (χ2n) is 7.34. The van der Waals surface area contributed by atoms with Crippen LogP contribution in [0.15, 0.2) is 76.8 Å². The van der Waals surface area contributed by atoms with Crippen LogP contribution in [-0.4, -0.2) is 17.8 Å². The third kappa shape index (κ3) is 4.85. The van der Waals surface area contributed by atoms with E-state index < -0.39 is 17.8 Å². The van der Waals surface area contributed by atoms with Crippen molar-refractivity contribution in [3.63, 3.8) is 0 Å². The Bertz CT molecular complexity index is 1290. The van der Waals surface area contributed by atoms with Gasteiger partial charge in [0.15, 0.2) is 0 Å². The molecule has 3 aromatic rings. The summed E-state index contributed by atoms with van der Waals surface area (Å²) in [4.78, 5) is 38.8. The second-order valence-corrected chi connectivity index (χ2v) is 8.25. The number of rotatable bonds is 5. The molecule has 1 saturated heterocycles. The lowest BCUT2D eigenvalue weighted by atomic mass is 10.1. The van der Waals surface area contributed by atoms with E-state index in [4.69, 9.17) is 4.74 Å². The summed E-state index contributed by atoms with van der Waals surface area (Å²) >= 11 is 3.35. The van der Waals surface area contributed by atoms with Crippen LogP contribution in [0.1, 0.15) is 16.7 Å². The molecule has 0 unspecified atom stereocenters. The molecule has 1 fully saturated rings. The molecule has 33 heavy (non-hydrogen) atoms. The van der Waals surface area contributed by atoms with E-state index in [0.717, 1.165) is 9.37 Å². The monoisotopic (exact) mass is 508 g/mol. The first-order valence-electron chi connectivity index (χ1n) is 9.97. The van der Waals surface area contributed by atoms with Crippen molar-refractivity contribution in [1.82, 2.24) is 5.32 Å². The highest BCUT2D eigenvalue weighted by Crippen LogP contribution is 2.28. The lowest BCUT2D eigenvalue weighted by molar-refractivity contribution is -0.122. The number of carbonyl (C=O) groups is 3. The first-order chi connectivity index (χ1) is 15.8. The normalized spacial score (nSPS) is 15.1. The Morgan fingerprint density at radius 3 is 2.45 bits per heavy atom. The van der Waals surface area contributed by atoms with Crippen molar-refractivity contribution in [1.29, 1.82) is 0 Å². The first-order valence-corrected chi connectivity index (χ1v) is 10.8. The van der Waals surface area contributed by atoms with Gasteiger partial charge in [0.05, 0.1) is 5.69 Å². The Morgan fingerprint density at radius 1 is 1.03 bits per heavy atom. The number of benzene rings is 3. The number of anilines is 1. The molecule has 0 aromatic heterocycles. The molecular formula is C25H18BrFN2O4. The number of nitrogens with one attached hydrogen (secondary N) is 1. The zero-order valence-electron chi connectivity index (χ0n) is 17.5. The van der Waals surface area contributed by atoms with E-state index in [1.807, 2.05) is 0 Å². The molecule has 6 nitrogen and oxygen atoms in total. The maximum absolute atomic E-state index is 13.7. The maximum atomic E-state index is 13.7. The molecule has 0 saturated carbocycles. The van der Waals surface area contributed by atoms with Gasteiger partial charge in [0, 0.05) is 10.0 Å². The van der Waals surface area contributed by atoms with Crippen LogP contribution in [0.4, 0.5) is 14.9 Å². The minimum absolute atomic E-state index is 0.0671. The number of hydrogen-bond donors (Lipinski definition) is 1. The molecule has 4 amide bonds. The van der Waals surface area contributed by atoms with Gasteiger partial charge in [0.25, 0.3) is 11.8 Å². The molecule has 0 radical (unpaired) electrons. The number of imide groups is 2. The Kier molecular flexibility index (Phi) is 6.37. The first kappa shape index (κ1) is 22.4. The highest BCUT2D eigenvalue weighted by molar-refractivity contribution is 9.10. The summed E-state index contributed by atoms with van der Waals surface area (Å²) in [5.74, 6) is -1.33. The van der Waals surface area contributed by atoms with E-state index in [1.54, 1.807) is 67.6 Å². The summed E-state index contributed by atoms with van der Waals surface area (Å²) < 4.78 is 20.1. The number of barbiturate groups is 1. The summed E-state index contributed by atoms with van der Waals surface area (Å²) in [6, 6.07) is 17.3.